The van der Waals surface area contributed by atoms with E-state index in [2.05, 4.69) is 0 Å². The third-order valence-electron chi connectivity index (χ3n) is 4.18. The maximum Gasteiger partial charge on any atom is 0.255 e. The molecule has 0 aromatic heterocycles. The minimum atomic E-state index is -0.445. The van der Waals surface area contributed by atoms with E-state index in [-0.39, 0.29) is 17.0 Å². The second kappa shape index (κ2) is 6.59. The van der Waals surface area contributed by atoms with Crippen LogP contribution in [0.2, 0.25) is 5.02 Å². The second-order valence-electron chi connectivity index (χ2n) is 5.55. The maximum atomic E-state index is 13.2. The number of carbonyl (C=O) groups excluding carboxylic acids is 1. The molecule has 1 atom stereocenters. The average Bonchev–Trinajstić information content (AvgIpc) is 3.04. The molecule has 120 valence electrons. The third-order valence-corrected chi connectivity index (χ3v) is 4.49. The van der Waals surface area contributed by atoms with Gasteiger partial charge in [-0.05, 0) is 48.7 Å². The van der Waals surface area contributed by atoms with Crippen molar-refractivity contribution >= 4 is 17.5 Å². The van der Waals surface area contributed by atoms with E-state index < -0.39 is 5.82 Å². The molecule has 0 unspecified atom stereocenters. The Balaban J connectivity index is 1.86. The van der Waals surface area contributed by atoms with Gasteiger partial charge >= 0.3 is 0 Å². The van der Waals surface area contributed by atoms with Crippen LogP contribution in [0.5, 0.6) is 5.75 Å². The van der Waals surface area contributed by atoms with Crippen LogP contribution < -0.4 is 4.74 Å². The molecule has 0 radical (unpaired) electrons. The van der Waals surface area contributed by atoms with Crippen molar-refractivity contribution in [2.75, 3.05) is 13.7 Å². The number of carbonyl (C=O) groups is 1. The normalized spacial score (nSPS) is 17.3. The first-order valence-electron chi connectivity index (χ1n) is 7.50. The number of rotatable bonds is 3. The predicted octanol–water partition coefficient (Wildman–Crippen LogP) is 4.47. The Hall–Kier alpha value is -2.07. The first-order chi connectivity index (χ1) is 11.1. The Morgan fingerprint density at radius 3 is 2.65 bits per heavy atom. The molecule has 0 N–H and O–H groups in total. The van der Waals surface area contributed by atoms with E-state index in [4.69, 9.17) is 16.3 Å². The summed E-state index contributed by atoms with van der Waals surface area (Å²) in [6.45, 7) is 0.670. The van der Waals surface area contributed by atoms with Crippen molar-refractivity contribution in [1.29, 1.82) is 0 Å². The summed E-state index contributed by atoms with van der Waals surface area (Å²) in [6, 6.07) is 11.6. The second-order valence-corrected chi connectivity index (χ2v) is 5.96. The fourth-order valence-corrected chi connectivity index (χ4v) is 3.25. The Labute approximate surface area is 139 Å². The average molecular weight is 334 g/mol. The Morgan fingerprint density at radius 1 is 1.26 bits per heavy atom. The predicted molar refractivity (Wildman–Crippen MR) is 87.4 cm³/mol. The molecular weight excluding hydrogens is 317 g/mol. The first kappa shape index (κ1) is 15.8. The molecule has 0 bridgehead atoms. The van der Waals surface area contributed by atoms with Gasteiger partial charge in [-0.1, -0.05) is 23.7 Å². The third kappa shape index (κ3) is 3.17. The van der Waals surface area contributed by atoms with Gasteiger partial charge in [-0.25, -0.2) is 4.39 Å². The number of amides is 1. The highest BCUT2D eigenvalue weighted by atomic mass is 35.5. The van der Waals surface area contributed by atoms with Crippen molar-refractivity contribution in [3.05, 3.63) is 64.4 Å². The highest BCUT2D eigenvalue weighted by Crippen LogP contribution is 2.34. The van der Waals surface area contributed by atoms with E-state index in [1.165, 1.54) is 18.2 Å². The number of hydrogen-bond acceptors (Lipinski definition) is 2. The molecule has 5 heteroatoms. The van der Waals surface area contributed by atoms with Crippen molar-refractivity contribution in [2.24, 2.45) is 0 Å². The van der Waals surface area contributed by atoms with E-state index in [9.17, 15) is 9.18 Å². The molecule has 1 fully saturated rings. The summed E-state index contributed by atoms with van der Waals surface area (Å²) >= 11 is 6.03. The standard InChI is InChI=1S/C18H17ClFNO2/c1-23-14-7-4-12(5-8-14)17-3-2-10-21(17)18(22)15-9-6-13(20)11-16(15)19/h4-9,11,17H,2-3,10H2,1H3/t17-/m0/s1. The van der Waals surface area contributed by atoms with Crippen molar-refractivity contribution in [1.82, 2.24) is 4.90 Å². The molecule has 1 saturated heterocycles. The van der Waals surface area contributed by atoms with Crippen LogP contribution in [0.15, 0.2) is 42.5 Å². The van der Waals surface area contributed by atoms with Crippen molar-refractivity contribution in [3.8, 4) is 5.75 Å². The Morgan fingerprint density at radius 2 is 2.00 bits per heavy atom. The van der Waals surface area contributed by atoms with Crippen LogP contribution >= 0.6 is 11.6 Å². The molecule has 2 aromatic carbocycles. The van der Waals surface area contributed by atoms with Gasteiger partial charge in [0.05, 0.1) is 23.7 Å². The van der Waals surface area contributed by atoms with E-state index in [0.29, 0.717) is 12.1 Å². The summed E-state index contributed by atoms with van der Waals surface area (Å²) in [6.07, 6.45) is 1.83. The fourth-order valence-electron chi connectivity index (χ4n) is 3.00. The molecule has 1 aliphatic rings. The molecule has 3 rings (SSSR count). The van der Waals surface area contributed by atoms with Crippen LogP contribution in [0, 0.1) is 5.82 Å². The van der Waals surface area contributed by atoms with Gasteiger partial charge in [0.25, 0.3) is 5.91 Å². The molecular formula is C18H17ClFNO2. The summed E-state index contributed by atoms with van der Waals surface area (Å²) in [7, 11) is 1.62. The summed E-state index contributed by atoms with van der Waals surface area (Å²) in [5.41, 5.74) is 1.41. The minimum Gasteiger partial charge on any atom is -0.497 e. The number of hydrogen-bond donors (Lipinski definition) is 0. The van der Waals surface area contributed by atoms with Gasteiger partial charge in [0.2, 0.25) is 0 Å². The van der Waals surface area contributed by atoms with E-state index in [0.717, 1.165) is 24.2 Å². The van der Waals surface area contributed by atoms with Crippen LogP contribution in [0.4, 0.5) is 4.39 Å². The number of likely N-dealkylation sites (tertiary alicyclic amines) is 1. The molecule has 0 spiro atoms. The highest BCUT2D eigenvalue weighted by Gasteiger charge is 2.31. The minimum absolute atomic E-state index is 0.00882. The summed E-state index contributed by atoms with van der Waals surface area (Å²) < 4.78 is 18.3. The molecule has 1 aliphatic heterocycles. The van der Waals surface area contributed by atoms with Crippen LogP contribution in [-0.2, 0) is 0 Å². The molecule has 2 aromatic rings. The van der Waals surface area contributed by atoms with E-state index in [1.54, 1.807) is 12.0 Å². The lowest BCUT2D eigenvalue weighted by Crippen LogP contribution is -2.30. The van der Waals surface area contributed by atoms with Crippen LogP contribution in [0.3, 0.4) is 0 Å². The van der Waals surface area contributed by atoms with Crippen molar-refractivity contribution in [3.63, 3.8) is 0 Å². The number of ether oxygens (including phenoxy) is 1. The lowest BCUT2D eigenvalue weighted by Gasteiger charge is -2.25. The quantitative estimate of drug-likeness (QED) is 0.829. The Kier molecular flexibility index (Phi) is 4.53. The van der Waals surface area contributed by atoms with Crippen LogP contribution in [-0.4, -0.2) is 24.5 Å². The Bertz CT molecular complexity index is 717. The molecule has 1 amide bonds. The molecule has 1 heterocycles. The number of nitrogens with zero attached hydrogens (tertiary/aromatic N) is 1. The largest absolute Gasteiger partial charge is 0.497 e. The number of benzene rings is 2. The number of methoxy groups -OCH3 is 1. The summed E-state index contributed by atoms with van der Waals surface area (Å²) in [5, 5.41) is 0.149. The van der Waals surface area contributed by atoms with Gasteiger partial charge in [0.15, 0.2) is 0 Å². The highest BCUT2D eigenvalue weighted by molar-refractivity contribution is 6.33. The van der Waals surface area contributed by atoms with Crippen molar-refractivity contribution < 1.29 is 13.9 Å². The molecule has 23 heavy (non-hydrogen) atoms. The van der Waals surface area contributed by atoms with Gasteiger partial charge in [0, 0.05) is 6.54 Å². The van der Waals surface area contributed by atoms with Crippen LogP contribution in [0.25, 0.3) is 0 Å². The summed E-state index contributed by atoms with van der Waals surface area (Å²) in [5.74, 6) is 0.180. The molecule has 0 saturated carbocycles. The van der Waals surface area contributed by atoms with Gasteiger partial charge in [-0.3, -0.25) is 4.79 Å². The lowest BCUT2D eigenvalue weighted by molar-refractivity contribution is 0.0736. The van der Waals surface area contributed by atoms with Gasteiger partial charge in [-0.15, -0.1) is 0 Å². The smallest absolute Gasteiger partial charge is 0.255 e. The SMILES string of the molecule is COc1ccc([C@@H]2CCCN2C(=O)c2ccc(F)cc2Cl)cc1. The zero-order valence-corrected chi connectivity index (χ0v) is 13.5. The van der Waals surface area contributed by atoms with E-state index in [1.807, 2.05) is 24.3 Å². The zero-order valence-electron chi connectivity index (χ0n) is 12.8. The van der Waals surface area contributed by atoms with Crippen molar-refractivity contribution in [2.45, 2.75) is 18.9 Å². The maximum absolute atomic E-state index is 13.2. The topological polar surface area (TPSA) is 29.5 Å². The summed E-state index contributed by atoms with van der Waals surface area (Å²) in [4.78, 5) is 14.6. The van der Waals surface area contributed by atoms with Gasteiger partial charge < -0.3 is 9.64 Å². The monoisotopic (exact) mass is 333 g/mol. The van der Waals surface area contributed by atoms with E-state index >= 15 is 0 Å². The van der Waals surface area contributed by atoms with Gasteiger partial charge in [0.1, 0.15) is 11.6 Å². The first-order valence-corrected chi connectivity index (χ1v) is 7.88. The van der Waals surface area contributed by atoms with Gasteiger partial charge in [-0.2, -0.15) is 0 Å². The molecule has 3 nitrogen and oxygen atoms in total. The molecule has 0 aliphatic carbocycles. The number of halogens is 2. The van der Waals surface area contributed by atoms with Crippen LogP contribution in [0.1, 0.15) is 34.8 Å². The lowest BCUT2D eigenvalue weighted by atomic mass is 10.0. The fraction of sp³-hybridized carbons (Fsp3) is 0.278. The zero-order chi connectivity index (χ0) is 16.4.